The zero-order valence-electron chi connectivity index (χ0n) is 13.9. The maximum Gasteiger partial charge on any atom is 1.00 e. The normalized spacial score (nSPS) is 10.9. The molecule has 0 unspecified atom stereocenters. The van der Waals surface area contributed by atoms with E-state index in [4.69, 9.17) is 4.55 Å². The Hall–Kier alpha value is -1.70. The van der Waals surface area contributed by atoms with E-state index in [2.05, 4.69) is 5.32 Å². The molecule has 0 saturated heterocycles. The minimum absolute atomic E-state index is 0. The van der Waals surface area contributed by atoms with Crippen molar-refractivity contribution in [3.63, 3.8) is 0 Å². The van der Waals surface area contributed by atoms with Crippen molar-refractivity contribution < 1.29 is 48.7 Å². The van der Waals surface area contributed by atoms with Crippen LogP contribution in [0.25, 0.3) is 10.8 Å². The van der Waals surface area contributed by atoms with E-state index >= 15 is 0 Å². The Labute approximate surface area is 163 Å². The molecule has 0 aliphatic carbocycles. The predicted molar refractivity (Wildman–Crippen MR) is 89.3 cm³/mol. The van der Waals surface area contributed by atoms with Gasteiger partial charge in [0.2, 0.25) is 0 Å². The first-order valence-electron chi connectivity index (χ1n) is 6.82. The van der Waals surface area contributed by atoms with Crippen LogP contribution in [0.4, 0.5) is 5.69 Å². The van der Waals surface area contributed by atoms with Gasteiger partial charge in [0.1, 0.15) is 0 Å². The molecule has 2 N–H and O–H groups in total. The molecule has 0 spiro atoms. The molecule has 1 amide bonds. The minimum Gasteiger partial charge on any atom is -1.00 e. The van der Waals surface area contributed by atoms with Gasteiger partial charge >= 0.3 is 29.6 Å². The molecule has 118 valence electrons. The van der Waals surface area contributed by atoms with Crippen LogP contribution >= 0.6 is 0 Å². The molecule has 0 aromatic heterocycles. The van der Waals surface area contributed by atoms with Crippen molar-refractivity contribution in [1.29, 1.82) is 0 Å². The van der Waals surface area contributed by atoms with Gasteiger partial charge in [0.05, 0.1) is 4.90 Å². The first-order valence-corrected chi connectivity index (χ1v) is 8.26. The van der Waals surface area contributed by atoms with E-state index < -0.39 is 10.1 Å². The molecule has 0 fully saturated rings. The summed E-state index contributed by atoms with van der Waals surface area (Å²) in [6.45, 7) is 0. The monoisotopic (exact) mass is 351 g/mol. The van der Waals surface area contributed by atoms with Gasteiger partial charge in [-0.05, 0) is 35.7 Å². The fraction of sp³-hybridized carbons (Fsp3) is 0. The van der Waals surface area contributed by atoms with Crippen LogP contribution in [0.3, 0.4) is 0 Å². The maximum absolute atomic E-state index is 12.2. The average molecular weight is 351 g/mol. The third-order valence-corrected chi connectivity index (χ3v) is 4.28. The third kappa shape index (κ3) is 4.03. The van der Waals surface area contributed by atoms with Crippen molar-refractivity contribution in [2.75, 3.05) is 5.32 Å². The molecular weight excluding hydrogens is 337 g/mol. The Bertz CT molecular complexity index is 994. The molecule has 3 aromatic rings. The van der Waals surface area contributed by atoms with Gasteiger partial charge < -0.3 is 6.74 Å². The molecule has 0 aliphatic heterocycles. The first-order chi connectivity index (χ1) is 10.9. The van der Waals surface area contributed by atoms with Gasteiger partial charge in [-0.2, -0.15) is 8.42 Å². The second kappa shape index (κ2) is 7.46. The molecule has 5 nitrogen and oxygen atoms in total. The van der Waals surface area contributed by atoms with Crippen LogP contribution < -0.4 is 34.9 Å². The largest absolute Gasteiger partial charge is 1.00 e. The quantitative estimate of drug-likeness (QED) is 0.530. The van der Waals surface area contributed by atoms with Crippen LogP contribution in [-0.4, -0.2) is 18.9 Å². The minimum atomic E-state index is -4.26. The molecular formula is C17H14NNaO4S. The molecule has 24 heavy (non-hydrogen) atoms. The van der Waals surface area contributed by atoms with Gasteiger partial charge in [-0.25, -0.2) is 0 Å². The number of rotatable bonds is 3. The van der Waals surface area contributed by atoms with E-state index in [1.54, 1.807) is 48.5 Å². The fourth-order valence-electron chi connectivity index (χ4n) is 2.32. The summed E-state index contributed by atoms with van der Waals surface area (Å²) in [5.41, 5.74) is 1.09. The Morgan fingerprint density at radius 2 is 1.67 bits per heavy atom. The standard InChI is InChI=1S/C17H13NO4S.Na.H/c19-17(12-5-2-1-3-6-12)18-16-8-4-7-13-11-14(23(20,21)22)9-10-15(13)16;;/h1-11H,(H,18,19)(H,20,21,22);;/q;+1;-1. The second-order valence-corrected chi connectivity index (χ2v) is 6.41. The Morgan fingerprint density at radius 3 is 2.33 bits per heavy atom. The molecule has 0 atom stereocenters. The van der Waals surface area contributed by atoms with Gasteiger partial charge in [-0.1, -0.05) is 36.4 Å². The van der Waals surface area contributed by atoms with Gasteiger partial charge in [-0.3, -0.25) is 9.35 Å². The van der Waals surface area contributed by atoms with E-state index in [-0.39, 0.29) is 41.8 Å². The number of hydrogen-bond donors (Lipinski definition) is 2. The Kier molecular flexibility index (Phi) is 5.79. The summed E-state index contributed by atoms with van der Waals surface area (Å²) >= 11 is 0. The van der Waals surface area contributed by atoms with E-state index in [0.29, 0.717) is 22.0 Å². The van der Waals surface area contributed by atoms with Crippen LogP contribution in [0.1, 0.15) is 11.8 Å². The number of benzene rings is 3. The summed E-state index contributed by atoms with van der Waals surface area (Å²) in [6.07, 6.45) is 0. The van der Waals surface area contributed by atoms with Gasteiger partial charge in [0, 0.05) is 16.6 Å². The molecule has 0 heterocycles. The summed E-state index contributed by atoms with van der Waals surface area (Å²) in [5.74, 6) is -0.253. The number of amides is 1. The molecule has 0 bridgehead atoms. The topological polar surface area (TPSA) is 83.5 Å². The molecule has 7 heteroatoms. The van der Waals surface area contributed by atoms with Gasteiger partial charge in [0.25, 0.3) is 16.0 Å². The predicted octanol–water partition coefficient (Wildman–Crippen LogP) is 0.455. The van der Waals surface area contributed by atoms with Crippen molar-refractivity contribution in [2.24, 2.45) is 0 Å². The van der Waals surface area contributed by atoms with Crippen LogP contribution in [0.15, 0.2) is 71.6 Å². The summed E-state index contributed by atoms with van der Waals surface area (Å²) < 4.78 is 31.5. The molecule has 0 saturated carbocycles. The molecule has 0 aliphatic rings. The Morgan fingerprint density at radius 1 is 0.958 bits per heavy atom. The van der Waals surface area contributed by atoms with Crippen LogP contribution in [-0.2, 0) is 10.1 Å². The van der Waals surface area contributed by atoms with Gasteiger partial charge in [0.15, 0.2) is 0 Å². The maximum atomic E-state index is 12.2. The van der Waals surface area contributed by atoms with Crippen molar-refractivity contribution in [3.05, 3.63) is 72.3 Å². The number of anilines is 1. The van der Waals surface area contributed by atoms with Crippen molar-refractivity contribution >= 4 is 32.5 Å². The number of carbonyl (C=O) groups is 1. The number of carbonyl (C=O) groups excluding carboxylic acids is 1. The van der Waals surface area contributed by atoms with Gasteiger partial charge in [-0.15, -0.1) is 0 Å². The van der Waals surface area contributed by atoms with E-state index in [1.807, 2.05) is 6.07 Å². The summed E-state index contributed by atoms with van der Waals surface area (Å²) in [5, 5.41) is 4.10. The zero-order valence-corrected chi connectivity index (χ0v) is 15.7. The number of fused-ring (bicyclic) bond motifs is 1. The van der Waals surface area contributed by atoms with E-state index in [9.17, 15) is 13.2 Å². The zero-order chi connectivity index (χ0) is 16.4. The summed E-state index contributed by atoms with van der Waals surface area (Å²) in [7, 11) is -4.26. The SMILES string of the molecule is O=C(Nc1cccc2cc(S(=O)(=O)O)ccc12)c1ccccc1.[H-].[Na+]. The third-order valence-electron chi connectivity index (χ3n) is 3.43. The van der Waals surface area contributed by atoms with Crippen molar-refractivity contribution in [3.8, 4) is 0 Å². The second-order valence-electron chi connectivity index (χ2n) is 4.98. The van der Waals surface area contributed by atoms with Crippen molar-refractivity contribution in [1.82, 2.24) is 0 Å². The molecule has 3 rings (SSSR count). The summed E-state index contributed by atoms with van der Waals surface area (Å²) in [6, 6.07) is 18.2. The molecule has 0 radical (unpaired) electrons. The van der Waals surface area contributed by atoms with E-state index in [1.165, 1.54) is 12.1 Å². The van der Waals surface area contributed by atoms with Crippen LogP contribution in [0, 0.1) is 0 Å². The number of nitrogens with one attached hydrogen (secondary N) is 1. The van der Waals surface area contributed by atoms with E-state index in [0.717, 1.165) is 0 Å². The fourth-order valence-corrected chi connectivity index (χ4v) is 2.83. The number of hydrogen-bond acceptors (Lipinski definition) is 3. The van der Waals surface area contributed by atoms with Crippen LogP contribution in [0.5, 0.6) is 0 Å². The smallest absolute Gasteiger partial charge is 1.00 e. The first kappa shape index (κ1) is 18.6. The molecule has 3 aromatic carbocycles. The average Bonchev–Trinajstić information content (AvgIpc) is 2.54. The van der Waals surface area contributed by atoms with Crippen molar-refractivity contribution in [2.45, 2.75) is 4.90 Å². The van der Waals surface area contributed by atoms with Crippen LogP contribution in [0.2, 0.25) is 0 Å². The summed E-state index contributed by atoms with van der Waals surface area (Å²) in [4.78, 5) is 12.1. The Balaban J connectivity index is 0.00000156.